The van der Waals surface area contributed by atoms with Crippen LogP contribution in [-0.4, -0.2) is 30.4 Å². The fourth-order valence-electron chi connectivity index (χ4n) is 1.53. The molecule has 0 bridgehead atoms. The number of hydrogen-bond donors (Lipinski definition) is 2. The quantitative estimate of drug-likeness (QED) is 0.487. The molecule has 110 valence electrons. The molecular formula is C13H22BrClN2OS. The van der Waals surface area contributed by atoms with E-state index in [1.165, 1.54) is 19.3 Å². The summed E-state index contributed by atoms with van der Waals surface area (Å²) in [6.07, 6.45) is 6.52. The average molecular weight is 370 g/mol. The molecule has 0 radical (unpaired) electrons. The third-order valence-corrected chi connectivity index (χ3v) is 3.18. The van der Waals surface area contributed by atoms with Gasteiger partial charge in [0.05, 0.1) is 6.61 Å². The van der Waals surface area contributed by atoms with Crippen LogP contribution in [-0.2, 0) is 0 Å². The maximum absolute atomic E-state index is 5.55. The molecule has 0 amide bonds. The van der Waals surface area contributed by atoms with Gasteiger partial charge in [-0.25, -0.2) is 4.98 Å². The molecule has 6 heteroatoms. The van der Waals surface area contributed by atoms with Gasteiger partial charge >= 0.3 is 0 Å². The maximum atomic E-state index is 5.55. The zero-order valence-corrected chi connectivity index (χ0v) is 14.3. The fourth-order valence-corrected chi connectivity index (χ4v) is 1.93. The Kier molecular flexibility index (Phi) is 13.1. The summed E-state index contributed by atoms with van der Waals surface area (Å²) in [5.74, 6) is 1.61. The second-order valence-electron chi connectivity index (χ2n) is 4.05. The van der Waals surface area contributed by atoms with Crippen LogP contribution in [0.2, 0.25) is 0 Å². The Balaban J connectivity index is 0.00000324. The van der Waals surface area contributed by atoms with Gasteiger partial charge in [0, 0.05) is 29.0 Å². The first kappa shape index (κ1) is 19.0. The molecular weight excluding hydrogens is 348 g/mol. The lowest BCUT2D eigenvalue weighted by atomic mass is 10.2. The summed E-state index contributed by atoms with van der Waals surface area (Å²) in [6.45, 7) is 2.84. The molecule has 0 spiro atoms. The first-order chi connectivity index (χ1) is 8.83. The molecule has 0 aromatic carbocycles. The highest BCUT2D eigenvalue weighted by molar-refractivity contribution is 9.10. The number of aromatic nitrogens is 1. The van der Waals surface area contributed by atoms with E-state index >= 15 is 0 Å². The number of nitrogens with one attached hydrogen (secondary N) is 1. The Bertz CT molecular complexity index is 314. The standard InChI is InChI=1S/C13H21BrN2OS.ClH/c14-12-5-6-13(16-11-12)17-9-4-2-1-3-7-15-8-10-18;/h5-6,11,15,18H,1-4,7-10H2;1H. The highest BCUT2D eigenvalue weighted by atomic mass is 79.9. The summed E-state index contributed by atoms with van der Waals surface area (Å²) in [4.78, 5) is 4.16. The van der Waals surface area contributed by atoms with E-state index in [1.54, 1.807) is 6.20 Å². The van der Waals surface area contributed by atoms with Gasteiger partial charge in [-0.2, -0.15) is 12.6 Å². The summed E-state index contributed by atoms with van der Waals surface area (Å²) in [5, 5.41) is 3.34. The summed E-state index contributed by atoms with van der Waals surface area (Å²) < 4.78 is 6.52. The number of nitrogens with zero attached hydrogens (tertiary/aromatic N) is 1. The van der Waals surface area contributed by atoms with E-state index in [0.717, 1.165) is 36.3 Å². The Morgan fingerprint density at radius 2 is 1.95 bits per heavy atom. The fraction of sp³-hybridized carbons (Fsp3) is 0.615. The number of ether oxygens (including phenoxy) is 1. The van der Waals surface area contributed by atoms with Gasteiger partial charge in [0.2, 0.25) is 5.88 Å². The van der Waals surface area contributed by atoms with Gasteiger partial charge < -0.3 is 10.1 Å². The predicted octanol–water partition coefficient (Wildman–Crippen LogP) is 3.72. The third kappa shape index (κ3) is 10.5. The van der Waals surface area contributed by atoms with Crippen LogP contribution < -0.4 is 10.1 Å². The predicted molar refractivity (Wildman–Crippen MR) is 89.9 cm³/mol. The van der Waals surface area contributed by atoms with Gasteiger partial charge in [0.1, 0.15) is 0 Å². The van der Waals surface area contributed by atoms with Crippen LogP contribution in [0.25, 0.3) is 0 Å². The molecule has 0 saturated heterocycles. The normalized spacial score (nSPS) is 10.0. The molecule has 1 heterocycles. The zero-order valence-electron chi connectivity index (χ0n) is 11.0. The lowest BCUT2D eigenvalue weighted by molar-refractivity contribution is 0.293. The van der Waals surface area contributed by atoms with Crippen LogP contribution in [0.3, 0.4) is 0 Å². The van der Waals surface area contributed by atoms with E-state index in [4.69, 9.17) is 4.74 Å². The molecule has 0 atom stereocenters. The Labute approximate surface area is 135 Å². The van der Waals surface area contributed by atoms with Crippen molar-refractivity contribution in [2.24, 2.45) is 0 Å². The number of unbranched alkanes of at least 4 members (excludes halogenated alkanes) is 3. The van der Waals surface area contributed by atoms with E-state index in [1.807, 2.05) is 12.1 Å². The van der Waals surface area contributed by atoms with Crippen LogP contribution in [0, 0.1) is 0 Å². The zero-order chi connectivity index (χ0) is 13.1. The second-order valence-corrected chi connectivity index (χ2v) is 5.41. The molecule has 0 aliphatic heterocycles. The summed E-state index contributed by atoms with van der Waals surface area (Å²) in [5.41, 5.74) is 0. The van der Waals surface area contributed by atoms with Crippen molar-refractivity contribution >= 4 is 41.0 Å². The van der Waals surface area contributed by atoms with Crippen molar-refractivity contribution in [2.45, 2.75) is 25.7 Å². The van der Waals surface area contributed by atoms with E-state index < -0.39 is 0 Å². The molecule has 0 unspecified atom stereocenters. The SMILES string of the molecule is Cl.SCCNCCCCCCOc1ccc(Br)cn1. The monoisotopic (exact) mass is 368 g/mol. The van der Waals surface area contributed by atoms with Crippen LogP contribution in [0.4, 0.5) is 0 Å². The highest BCUT2D eigenvalue weighted by Gasteiger charge is 1.95. The molecule has 0 aliphatic carbocycles. The van der Waals surface area contributed by atoms with Crippen LogP contribution >= 0.6 is 41.0 Å². The largest absolute Gasteiger partial charge is 0.478 e. The molecule has 1 rings (SSSR count). The van der Waals surface area contributed by atoms with Gasteiger partial charge in [-0.15, -0.1) is 12.4 Å². The number of thiol groups is 1. The molecule has 0 aliphatic rings. The van der Waals surface area contributed by atoms with Crippen molar-refractivity contribution < 1.29 is 4.74 Å². The second kappa shape index (κ2) is 13.0. The van der Waals surface area contributed by atoms with Crippen molar-refractivity contribution in [2.75, 3.05) is 25.4 Å². The lowest BCUT2D eigenvalue weighted by Gasteiger charge is -2.05. The van der Waals surface area contributed by atoms with Gasteiger partial charge in [-0.1, -0.05) is 12.8 Å². The Morgan fingerprint density at radius 3 is 2.63 bits per heavy atom. The molecule has 19 heavy (non-hydrogen) atoms. The molecule has 1 N–H and O–H groups in total. The molecule has 0 saturated carbocycles. The van der Waals surface area contributed by atoms with Crippen molar-refractivity contribution in [3.63, 3.8) is 0 Å². The first-order valence-corrected chi connectivity index (χ1v) is 7.81. The summed E-state index contributed by atoms with van der Waals surface area (Å²) >= 11 is 7.49. The van der Waals surface area contributed by atoms with Crippen molar-refractivity contribution in [1.29, 1.82) is 0 Å². The molecule has 1 aromatic heterocycles. The van der Waals surface area contributed by atoms with Crippen molar-refractivity contribution in [3.05, 3.63) is 22.8 Å². The van der Waals surface area contributed by atoms with E-state index in [9.17, 15) is 0 Å². The van der Waals surface area contributed by atoms with Crippen molar-refractivity contribution in [3.8, 4) is 5.88 Å². The van der Waals surface area contributed by atoms with Gasteiger partial charge in [-0.05, 0) is 41.4 Å². The van der Waals surface area contributed by atoms with Crippen LogP contribution in [0.5, 0.6) is 5.88 Å². The number of pyridine rings is 1. The minimum atomic E-state index is 0. The Hall–Kier alpha value is 0.0300. The number of halogens is 2. The Morgan fingerprint density at radius 1 is 1.16 bits per heavy atom. The molecule has 1 aromatic rings. The van der Waals surface area contributed by atoms with Crippen LogP contribution in [0.1, 0.15) is 25.7 Å². The average Bonchev–Trinajstić information content (AvgIpc) is 2.39. The van der Waals surface area contributed by atoms with E-state index in [2.05, 4.69) is 38.9 Å². The number of rotatable bonds is 10. The van der Waals surface area contributed by atoms with Crippen LogP contribution in [0.15, 0.2) is 22.8 Å². The van der Waals surface area contributed by atoms with Gasteiger partial charge in [0.25, 0.3) is 0 Å². The van der Waals surface area contributed by atoms with E-state index in [-0.39, 0.29) is 12.4 Å². The lowest BCUT2D eigenvalue weighted by Crippen LogP contribution is -2.17. The summed E-state index contributed by atoms with van der Waals surface area (Å²) in [6, 6.07) is 3.82. The molecule has 3 nitrogen and oxygen atoms in total. The van der Waals surface area contributed by atoms with Gasteiger partial charge in [0.15, 0.2) is 0 Å². The summed E-state index contributed by atoms with van der Waals surface area (Å²) in [7, 11) is 0. The highest BCUT2D eigenvalue weighted by Crippen LogP contribution is 2.12. The van der Waals surface area contributed by atoms with E-state index in [0.29, 0.717) is 5.88 Å². The van der Waals surface area contributed by atoms with Crippen molar-refractivity contribution in [1.82, 2.24) is 10.3 Å². The number of hydrogen-bond acceptors (Lipinski definition) is 4. The third-order valence-electron chi connectivity index (χ3n) is 2.49. The maximum Gasteiger partial charge on any atom is 0.213 e. The topological polar surface area (TPSA) is 34.1 Å². The molecule has 0 fully saturated rings. The van der Waals surface area contributed by atoms with Gasteiger partial charge in [-0.3, -0.25) is 0 Å². The smallest absolute Gasteiger partial charge is 0.213 e. The minimum absolute atomic E-state index is 0. The first-order valence-electron chi connectivity index (χ1n) is 6.39. The minimum Gasteiger partial charge on any atom is -0.478 e.